The van der Waals surface area contributed by atoms with Crippen LogP contribution >= 0.6 is 0 Å². The van der Waals surface area contributed by atoms with Crippen LogP contribution in [0.3, 0.4) is 0 Å². The molecule has 29 heavy (non-hydrogen) atoms. The summed E-state index contributed by atoms with van der Waals surface area (Å²) in [6.07, 6.45) is 0.465. The number of fused-ring (bicyclic) bond motifs is 2. The van der Waals surface area contributed by atoms with Crippen molar-refractivity contribution >= 4 is 39.3 Å². The van der Waals surface area contributed by atoms with Gasteiger partial charge >= 0.3 is 5.97 Å². The van der Waals surface area contributed by atoms with Gasteiger partial charge in [0.25, 0.3) is 5.91 Å². The highest BCUT2D eigenvalue weighted by Gasteiger charge is 2.19. The maximum Gasteiger partial charge on any atom is 0.311 e. The number of hydrogen-bond acceptors (Lipinski definition) is 5. The normalized spacial score (nSPS) is 12.0. The second kappa shape index (κ2) is 7.67. The zero-order valence-corrected chi connectivity index (χ0v) is 15.7. The number of anilines is 1. The third-order valence-corrected chi connectivity index (χ3v) is 4.67. The van der Waals surface area contributed by atoms with E-state index in [1.807, 2.05) is 42.5 Å². The Morgan fingerprint density at radius 1 is 1.07 bits per heavy atom. The largest absolute Gasteiger partial charge is 0.508 e. The lowest BCUT2D eigenvalue weighted by Gasteiger charge is -2.14. The number of rotatable bonds is 5. The summed E-state index contributed by atoms with van der Waals surface area (Å²) in [5.74, 6) is -0.863. The van der Waals surface area contributed by atoms with Crippen LogP contribution < -0.4 is 5.32 Å². The third-order valence-electron chi connectivity index (χ3n) is 4.67. The Labute approximate surface area is 166 Å². The molecule has 6 nitrogen and oxygen atoms in total. The predicted octanol–water partition coefficient (Wildman–Crippen LogP) is 4.40. The number of furan rings is 1. The number of carbonyl (C=O) groups excluding carboxylic acids is 2. The van der Waals surface area contributed by atoms with E-state index in [0.29, 0.717) is 22.2 Å². The maximum atomic E-state index is 12.4. The van der Waals surface area contributed by atoms with E-state index < -0.39 is 18.0 Å². The van der Waals surface area contributed by atoms with E-state index in [4.69, 9.17) is 9.15 Å². The van der Waals surface area contributed by atoms with E-state index in [-0.39, 0.29) is 12.2 Å². The lowest BCUT2D eigenvalue weighted by atomic mass is 10.1. The first kappa shape index (κ1) is 18.6. The molecule has 1 amide bonds. The van der Waals surface area contributed by atoms with E-state index in [9.17, 15) is 14.7 Å². The molecule has 0 saturated heterocycles. The van der Waals surface area contributed by atoms with Gasteiger partial charge in [-0.1, -0.05) is 30.3 Å². The van der Waals surface area contributed by atoms with Crippen molar-refractivity contribution in [2.45, 2.75) is 19.4 Å². The van der Waals surface area contributed by atoms with Gasteiger partial charge in [0.2, 0.25) is 0 Å². The van der Waals surface area contributed by atoms with Crippen molar-refractivity contribution in [1.29, 1.82) is 0 Å². The molecule has 0 bridgehead atoms. The van der Waals surface area contributed by atoms with Crippen molar-refractivity contribution in [3.63, 3.8) is 0 Å². The number of hydrogen-bond donors (Lipinski definition) is 2. The van der Waals surface area contributed by atoms with Gasteiger partial charge < -0.3 is 19.6 Å². The van der Waals surface area contributed by atoms with Crippen LogP contribution in [0, 0.1) is 0 Å². The molecule has 0 unspecified atom stereocenters. The van der Waals surface area contributed by atoms with Gasteiger partial charge in [0.05, 0.1) is 12.7 Å². The van der Waals surface area contributed by atoms with Crippen LogP contribution in [0.1, 0.15) is 12.5 Å². The standard InChI is InChI=1S/C23H19NO5/c1-14(23(27)24-18-7-6-15-4-2-3-5-16(15)10-18)29-22(26)11-17-13-28-21-12-19(25)8-9-20(17)21/h2-10,12-14,25H,11H2,1H3,(H,24,27)/t14-/m0/s1. The van der Waals surface area contributed by atoms with Gasteiger partial charge in [0.15, 0.2) is 6.10 Å². The fraction of sp³-hybridized carbons (Fsp3) is 0.130. The van der Waals surface area contributed by atoms with E-state index in [1.54, 1.807) is 6.07 Å². The fourth-order valence-electron chi connectivity index (χ4n) is 3.17. The molecule has 0 saturated carbocycles. The van der Waals surface area contributed by atoms with Crippen LogP contribution in [0.4, 0.5) is 5.69 Å². The molecule has 1 atom stereocenters. The lowest BCUT2D eigenvalue weighted by Crippen LogP contribution is -2.30. The molecule has 0 aliphatic carbocycles. The van der Waals surface area contributed by atoms with E-state index in [1.165, 1.54) is 25.3 Å². The summed E-state index contributed by atoms with van der Waals surface area (Å²) in [5.41, 5.74) is 1.75. The fourth-order valence-corrected chi connectivity index (χ4v) is 3.17. The number of aromatic hydroxyl groups is 1. The van der Waals surface area contributed by atoms with Gasteiger partial charge in [-0.25, -0.2) is 0 Å². The SMILES string of the molecule is C[C@H](OC(=O)Cc1coc2cc(O)ccc12)C(=O)Nc1ccc2ccccc2c1. The smallest absolute Gasteiger partial charge is 0.311 e. The molecule has 0 fully saturated rings. The third kappa shape index (κ3) is 4.06. The van der Waals surface area contributed by atoms with Crippen molar-refractivity contribution in [3.05, 3.63) is 72.5 Å². The Morgan fingerprint density at radius 2 is 1.86 bits per heavy atom. The van der Waals surface area contributed by atoms with Crippen LogP contribution in [-0.2, 0) is 20.7 Å². The van der Waals surface area contributed by atoms with Gasteiger partial charge in [-0.05, 0) is 42.0 Å². The summed E-state index contributed by atoms with van der Waals surface area (Å²) in [6, 6.07) is 18.1. The highest BCUT2D eigenvalue weighted by atomic mass is 16.5. The number of amides is 1. The highest BCUT2D eigenvalue weighted by Crippen LogP contribution is 2.25. The lowest BCUT2D eigenvalue weighted by molar-refractivity contribution is -0.152. The number of phenolic OH excluding ortho intramolecular Hbond substituents is 1. The molecule has 0 aliphatic heterocycles. The average Bonchev–Trinajstić information content (AvgIpc) is 3.09. The van der Waals surface area contributed by atoms with E-state index in [0.717, 1.165) is 10.8 Å². The van der Waals surface area contributed by atoms with E-state index >= 15 is 0 Å². The van der Waals surface area contributed by atoms with Crippen molar-refractivity contribution in [1.82, 2.24) is 0 Å². The van der Waals surface area contributed by atoms with Crippen LogP contribution in [0.25, 0.3) is 21.7 Å². The van der Waals surface area contributed by atoms with Gasteiger partial charge in [-0.2, -0.15) is 0 Å². The second-order valence-corrected chi connectivity index (χ2v) is 6.80. The zero-order chi connectivity index (χ0) is 20.4. The minimum absolute atomic E-state index is 0.0363. The maximum absolute atomic E-state index is 12.4. The first-order chi connectivity index (χ1) is 14.0. The number of phenols is 1. The monoisotopic (exact) mass is 389 g/mol. The van der Waals surface area contributed by atoms with Crippen molar-refractivity contribution < 1.29 is 23.8 Å². The van der Waals surface area contributed by atoms with Crippen LogP contribution in [0.2, 0.25) is 0 Å². The summed E-state index contributed by atoms with van der Waals surface area (Å²) in [4.78, 5) is 24.7. The minimum atomic E-state index is -0.948. The van der Waals surface area contributed by atoms with Gasteiger partial charge in [0, 0.05) is 22.7 Å². The molecule has 4 aromatic rings. The molecule has 4 rings (SSSR count). The first-order valence-electron chi connectivity index (χ1n) is 9.18. The number of benzene rings is 3. The average molecular weight is 389 g/mol. The Bertz CT molecular complexity index is 1210. The molecule has 146 valence electrons. The molecule has 2 N–H and O–H groups in total. The topological polar surface area (TPSA) is 88.8 Å². The van der Waals surface area contributed by atoms with Crippen LogP contribution in [0.15, 0.2) is 71.3 Å². The Kier molecular flexibility index (Phi) is 4.91. The molecule has 1 aromatic heterocycles. The number of carbonyl (C=O) groups is 2. The molecule has 3 aromatic carbocycles. The molecular weight excluding hydrogens is 370 g/mol. The summed E-state index contributed by atoms with van der Waals surface area (Å²) < 4.78 is 10.6. The van der Waals surface area contributed by atoms with Crippen molar-refractivity contribution in [3.8, 4) is 5.75 Å². The minimum Gasteiger partial charge on any atom is -0.508 e. The molecule has 6 heteroatoms. The Morgan fingerprint density at radius 3 is 2.69 bits per heavy atom. The number of nitrogens with one attached hydrogen (secondary N) is 1. The summed E-state index contributed by atoms with van der Waals surface area (Å²) in [6.45, 7) is 1.53. The molecule has 0 radical (unpaired) electrons. The predicted molar refractivity (Wildman–Crippen MR) is 110 cm³/mol. The Balaban J connectivity index is 1.38. The number of esters is 1. The summed E-state index contributed by atoms with van der Waals surface area (Å²) in [5, 5.41) is 15.1. The van der Waals surface area contributed by atoms with Crippen molar-refractivity contribution in [2.24, 2.45) is 0 Å². The highest BCUT2D eigenvalue weighted by molar-refractivity contribution is 5.97. The first-order valence-corrected chi connectivity index (χ1v) is 9.18. The van der Waals surface area contributed by atoms with E-state index in [2.05, 4.69) is 5.32 Å². The second-order valence-electron chi connectivity index (χ2n) is 6.80. The molecule has 1 heterocycles. The summed E-state index contributed by atoms with van der Waals surface area (Å²) in [7, 11) is 0. The van der Waals surface area contributed by atoms with Crippen molar-refractivity contribution in [2.75, 3.05) is 5.32 Å². The molecule has 0 spiro atoms. The van der Waals surface area contributed by atoms with Crippen LogP contribution in [0.5, 0.6) is 5.75 Å². The number of ether oxygens (including phenoxy) is 1. The molecule has 0 aliphatic rings. The quantitative estimate of drug-likeness (QED) is 0.494. The zero-order valence-electron chi connectivity index (χ0n) is 15.7. The van der Waals surface area contributed by atoms with Crippen LogP contribution in [-0.4, -0.2) is 23.1 Å². The van der Waals surface area contributed by atoms with Gasteiger partial charge in [0.1, 0.15) is 11.3 Å². The van der Waals surface area contributed by atoms with Gasteiger partial charge in [-0.15, -0.1) is 0 Å². The molecular formula is C23H19NO5. The van der Waals surface area contributed by atoms with Gasteiger partial charge in [-0.3, -0.25) is 9.59 Å². The Hall–Kier alpha value is -3.80. The summed E-state index contributed by atoms with van der Waals surface area (Å²) >= 11 is 0.